The maximum absolute atomic E-state index is 12.3. The Labute approximate surface area is 158 Å². The lowest BCUT2D eigenvalue weighted by Gasteiger charge is -2.36. The third-order valence-electron chi connectivity index (χ3n) is 4.71. The fraction of sp³-hybridized carbons (Fsp3) is 0.526. The van der Waals surface area contributed by atoms with Crippen molar-refractivity contribution in [2.45, 2.75) is 50.7 Å². The summed E-state index contributed by atoms with van der Waals surface area (Å²) in [5.41, 5.74) is 1.40. The average molecular weight is 374 g/mol. The third kappa shape index (κ3) is 5.35. The highest BCUT2D eigenvalue weighted by Gasteiger charge is 2.32. The van der Waals surface area contributed by atoms with Crippen molar-refractivity contribution >= 4 is 5.91 Å². The Morgan fingerprint density at radius 3 is 2.93 bits per heavy atom. The van der Waals surface area contributed by atoms with Crippen LogP contribution in [0.5, 0.6) is 0 Å². The van der Waals surface area contributed by atoms with Crippen LogP contribution in [0.2, 0.25) is 0 Å². The molecule has 1 aliphatic heterocycles. The van der Waals surface area contributed by atoms with Crippen LogP contribution in [0.1, 0.15) is 35.3 Å². The van der Waals surface area contributed by atoms with Crippen LogP contribution in [0.15, 0.2) is 36.5 Å². The second-order valence-electron chi connectivity index (χ2n) is 6.70. The van der Waals surface area contributed by atoms with Gasteiger partial charge in [0.15, 0.2) is 0 Å². The summed E-state index contributed by atoms with van der Waals surface area (Å²) in [5.74, 6) is -0.144. The van der Waals surface area contributed by atoms with Crippen molar-refractivity contribution in [1.82, 2.24) is 20.3 Å². The molecule has 27 heavy (non-hydrogen) atoms. The Bertz CT molecular complexity index is 722. The molecule has 1 aromatic heterocycles. The number of nitrogens with one attached hydrogen (secondary N) is 1. The van der Waals surface area contributed by atoms with Crippen molar-refractivity contribution in [2.75, 3.05) is 13.7 Å². The highest BCUT2D eigenvalue weighted by molar-refractivity contribution is 5.94. The molecule has 146 valence electrons. The second-order valence-corrected chi connectivity index (χ2v) is 6.70. The zero-order valence-electron chi connectivity index (χ0n) is 15.5. The number of aryl methyl sites for hydroxylation is 1. The number of rotatable bonds is 8. The highest BCUT2D eigenvalue weighted by atomic mass is 16.5. The Morgan fingerprint density at radius 2 is 2.19 bits per heavy atom. The predicted molar refractivity (Wildman–Crippen MR) is 98.0 cm³/mol. The van der Waals surface area contributed by atoms with E-state index in [1.165, 1.54) is 0 Å². The van der Waals surface area contributed by atoms with Gasteiger partial charge in [-0.2, -0.15) is 0 Å². The number of methoxy groups -OCH3 is 1. The standard InChI is InChI=1S/C19H26N4O4/c1-26-13-15-11-23(22-21-15)10-9-16-7-8-17(18(12-24)27-16)20-19(25)14-5-3-2-4-6-14/h2-6,11,16-18,24H,7-10,12-13H2,1H3,(H,20,25)/t16-,17+,18-/m1/s1. The Morgan fingerprint density at radius 1 is 1.37 bits per heavy atom. The lowest BCUT2D eigenvalue weighted by Crippen LogP contribution is -2.51. The van der Waals surface area contributed by atoms with Crippen LogP contribution >= 0.6 is 0 Å². The van der Waals surface area contributed by atoms with Crippen molar-refractivity contribution in [1.29, 1.82) is 0 Å². The number of ether oxygens (including phenoxy) is 2. The van der Waals surface area contributed by atoms with E-state index in [0.29, 0.717) is 18.7 Å². The first-order chi connectivity index (χ1) is 13.2. The smallest absolute Gasteiger partial charge is 0.251 e. The van der Waals surface area contributed by atoms with Crippen molar-refractivity contribution in [3.8, 4) is 0 Å². The molecule has 1 fully saturated rings. The number of aliphatic hydroxyl groups is 1. The van der Waals surface area contributed by atoms with Crippen molar-refractivity contribution in [3.05, 3.63) is 47.8 Å². The maximum Gasteiger partial charge on any atom is 0.251 e. The Balaban J connectivity index is 1.49. The van der Waals surface area contributed by atoms with Gasteiger partial charge in [-0.05, 0) is 31.4 Å². The summed E-state index contributed by atoms with van der Waals surface area (Å²) in [6, 6.07) is 8.87. The fourth-order valence-electron chi connectivity index (χ4n) is 3.29. The average Bonchev–Trinajstić information content (AvgIpc) is 3.15. The van der Waals surface area contributed by atoms with Gasteiger partial charge in [-0.3, -0.25) is 9.48 Å². The lowest BCUT2D eigenvalue weighted by molar-refractivity contribution is -0.0912. The van der Waals surface area contributed by atoms with E-state index in [1.807, 2.05) is 24.4 Å². The van der Waals surface area contributed by atoms with Gasteiger partial charge in [0, 0.05) is 19.2 Å². The third-order valence-corrected chi connectivity index (χ3v) is 4.71. The minimum atomic E-state index is -0.406. The predicted octanol–water partition coefficient (Wildman–Crippen LogP) is 1.15. The molecule has 3 rings (SSSR count). The molecular formula is C19H26N4O4. The van der Waals surface area contributed by atoms with Gasteiger partial charge in [0.25, 0.3) is 5.91 Å². The summed E-state index contributed by atoms with van der Waals surface area (Å²) in [5, 5.41) is 20.8. The number of carbonyl (C=O) groups is 1. The summed E-state index contributed by atoms with van der Waals surface area (Å²) in [6.45, 7) is 0.993. The van der Waals surface area contributed by atoms with Crippen molar-refractivity contribution in [2.24, 2.45) is 0 Å². The van der Waals surface area contributed by atoms with Gasteiger partial charge >= 0.3 is 0 Å². The quantitative estimate of drug-likeness (QED) is 0.719. The molecule has 1 aromatic carbocycles. The van der Waals surface area contributed by atoms with Gasteiger partial charge in [-0.15, -0.1) is 5.10 Å². The second kappa shape index (κ2) is 9.59. The van der Waals surface area contributed by atoms with Crippen LogP contribution < -0.4 is 5.32 Å². The lowest BCUT2D eigenvalue weighted by atomic mass is 9.96. The molecule has 0 radical (unpaired) electrons. The molecule has 1 amide bonds. The number of nitrogens with zero attached hydrogens (tertiary/aromatic N) is 3. The van der Waals surface area contributed by atoms with Crippen LogP contribution in [0.4, 0.5) is 0 Å². The Hall–Kier alpha value is -2.29. The number of aromatic nitrogens is 3. The number of amides is 1. The molecule has 2 aromatic rings. The van der Waals surface area contributed by atoms with E-state index in [1.54, 1.807) is 23.9 Å². The van der Waals surface area contributed by atoms with Crippen LogP contribution in [0.25, 0.3) is 0 Å². The first-order valence-corrected chi connectivity index (χ1v) is 9.19. The van der Waals surface area contributed by atoms with Gasteiger partial charge < -0.3 is 19.9 Å². The van der Waals surface area contributed by atoms with Gasteiger partial charge in [-0.25, -0.2) is 0 Å². The summed E-state index contributed by atoms with van der Waals surface area (Å²) in [6.07, 6.45) is 3.82. The molecule has 0 bridgehead atoms. The molecule has 1 aliphatic rings. The number of aliphatic hydroxyl groups excluding tert-OH is 1. The van der Waals surface area contributed by atoms with E-state index in [0.717, 1.165) is 25.0 Å². The van der Waals surface area contributed by atoms with Crippen LogP contribution in [0, 0.1) is 0 Å². The van der Waals surface area contributed by atoms with Gasteiger partial charge in [-0.1, -0.05) is 23.4 Å². The molecule has 8 heteroatoms. The van der Waals surface area contributed by atoms with E-state index in [-0.39, 0.29) is 24.7 Å². The Kier molecular flexibility index (Phi) is 6.92. The van der Waals surface area contributed by atoms with Crippen molar-refractivity contribution in [3.63, 3.8) is 0 Å². The highest BCUT2D eigenvalue weighted by Crippen LogP contribution is 2.22. The zero-order valence-corrected chi connectivity index (χ0v) is 15.5. The number of carbonyl (C=O) groups excluding carboxylic acids is 1. The topological polar surface area (TPSA) is 98.5 Å². The van der Waals surface area contributed by atoms with Gasteiger partial charge in [0.2, 0.25) is 0 Å². The molecule has 3 atom stereocenters. The van der Waals surface area contributed by atoms with Crippen molar-refractivity contribution < 1.29 is 19.4 Å². The minimum absolute atomic E-state index is 0.0158. The summed E-state index contributed by atoms with van der Waals surface area (Å²) >= 11 is 0. The zero-order chi connectivity index (χ0) is 19.1. The molecule has 0 saturated carbocycles. The summed E-state index contributed by atoms with van der Waals surface area (Å²) < 4.78 is 12.8. The monoisotopic (exact) mass is 374 g/mol. The van der Waals surface area contributed by atoms with E-state index in [2.05, 4.69) is 15.6 Å². The van der Waals surface area contributed by atoms with Crippen LogP contribution in [-0.2, 0) is 22.6 Å². The van der Waals surface area contributed by atoms with Gasteiger partial charge in [0.1, 0.15) is 11.8 Å². The summed E-state index contributed by atoms with van der Waals surface area (Å²) in [4.78, 5) is 12.3. The molecule has 0 spiro atoms. The molecular weight excluding hydrogens is 348 g/mol. The number of hydrogen-bond donors (Lipinski definition) is 2. The van der Waals surface area contributed by atoms with E-state index in [4.69, 9.17) is 9.47 Å². The molecule has 0 aliphatic carbocycles. The SMILES string of the molecule is COCc1cn(CC[C@H]2CC[C@H](NC(=O)c3ccccc3)[C@@H](CO)O2)nn1. The largest absolute Gasteiger partial charge is 0.394 e. The van der Waals surface area contributed by atoms with Crippen LogP contribution in [-0.4, -0.2) is 58.0 Å². The molecule has 0 unspecified atom stereocenters. The molecule has 1 saturated heterocycles. The first-order valence-electron chi connectivity index (χ1n) is 9.19. The molecule has 2 N–H and O–H groups in total. The molecule has 8 nitrogen and oxygen atoms in total. The summed E-state index contributed by atoms with van der Waals surface area (Å²) in [7, 11) is 1.62. The maximum atomic E-state index is 12.3. The number of benzene rings is 1. The van der Waals surface area contributed by atoms with E-state index in [9.17, 15) is 9.90 Å². The molecule has 2 heterocycles. The number of hydrogen-bond acceptors (Lipinski definition) is 6. The normalized spacial score (nSPS) is 22.5. The van der Waals surface area contributed by atoms with E-state index >= 15 is 0 Å². The first kappa shape index (κ1) is 19.5. The fourth-order valence-corrected chi connectivity index (χ4v) is 3.29. The minimum Gasteiger partial charge on any atom is -0.394 e. The van der Waals surface area contributed by atoms with E-state index < -0.39 is 6.10 Å². The van der Waals surface area contributed by atoms with Crippen LogP contribution in [0.3, 0.4) is 0 Å². The van der Waals surface area contributed by atoms with Gasteiger partial charge in [0.05, 0.1) is 31.6 Å².